The number of hydrogen-bond acceptors (Lipinski definition) is 8. The van der Waals surface area contributed by atoms with Gasteiger partial charge in [0.1, 0.15) is 5.75 Å². The van der Waals surface area contributed by atoms with Crippen molar-refractivity contribution in [3.63, 3.8) is 0 Å². The SMILES string of the molecule is COc1cc(NC(=O)C(=O)NC(C)(C)CN2CCN(C(=O)c3cccs3)CC2)ccc1-c1cnco1. The lowest BCUT2D eigenvalue weighted by Crippen LogP contribution is -2.57. The Morgan fingerprint density at radius 2 is 1.92 bits per heavy atom. The third-order valence-corrected chi connectivity index (χ3v) is 6.68. The molecule has 2 N–H and O–H groups in total. The lowest BCUT2D eigenvalue weighted by Gasteiger charge is -2.39. The van der Waals surface area contributed by atoms with Gasteiger partial charge in [-0.25, -0.2) is 4.98 Å². The summed E-state index contributed by atoms with van der Waals surface area (Å²) in [6.07, 6.45) is 2.88. The Labute approximate surface area is 213 Å². The van der Waals surface area contributed by atoms with E-state index < -0.39 is 17.4 Å². The molecule has 1 saturated heterocycles. The maximum atomic E-state index is 12.6. The minimum atomic E-state index is -0.774. The van der Waals surface area contributed by atoms with Crippen LogP contribution in [0.2, 0.25) is 0 Å². The van der Waals surface area contributed by atoms with E-state index in [1.54, 1.807) is 24.4 Å². The molecule has 3 heterocycles. The zero-order valence-corrected chi connectivity index (χ0v) is 21.3. The Morgan fingerprint density at radius 1 is 1.14 bits per heavy atom. The summed E-state index contributed by atoms with van der Waals surface area (Å²) < 4.78 is 10.7. The molecule has 2 aromatic heterocycles. The van der Waals surface area contributed by atoms with Gasteiger partial charge < -0.3 is 24.7 Å². The molecule has 1 aromatic carbocycles. The minimum absolute atomic E-state index is 0.0550. The average molecular weight is 512 g/mol. The van der Waals surface area contributed by atoms with Crippen LogP contribution in [0.1, 0.15) is 23.5 Å². The van der Waals surface area contributed by atoms with Crippen molar-refractivity contribution >= 4 is 34.7 Å². The fraction of sp³-hybridized carbons (Fsp3) is 0.360. The van der Waals surface area contributed by atoms with Crippen molar-refractivity contribution in [2.45, 2.75) is 19.4 Å². The maximum Gasteiger partial charge on any atom is 0.313 e. The van der Waals surface area contributed by atoms with Gasteiger partial charge in [-0.2, -0.15) is 0 Å². The summed E-state index contributed by atoms with van der Waals surface area (Å²) >= 11 is 1.44. The van der Waals surface area contributed by atoms with Crippen molar-refractivity contribution < 1.29 is 23.5 Å². The van der Waals surface area contributed by atoms with Crippen LogP contribution in [0.3, 0.4) is 0 Å². The topological polar surface area (TPSA) is 117 Å². The molecule has 36 heavy (non-hydrogen) atoms. The van der Waals surface area contributed by atoms with Crippen LogP contribution in [0.15, 0.2) is 52.7 Å². The zero-order chi connectivity index (χ0) is 25.7. The number of ether oxygens (including phenoxy) is 1. The van der Waals surface area contributed by atoms with Gasteiger partial charge in [-0.05, 0) is 37.4 Å². The second-order valence-corrected chi connectivity index (χ2v) is 10.1. The first-order chi connectivity index (χ1) is 17.3. The number of amides is 3. The molecule has 1 aliphatic rings. The summed E-state index contributed by atoms with van der Waals surface area (Å²) in [6.45, 7) is 6.92. The Hall–Kier alpha value is -3.70. The second kappa shape index (κ2) is 10.9. The number of carbonyl (C=O) groups is 3. The number of carbonyl (C=O) groups excluding carboxylic acids is 3. The van der Waals surface area contributed by atoms with Crippen LogP contribution in [0.4, 0.5) is 5.69 Å². The highest BCUT2D eigenvalue weighted by Gasteiger charge is 2.30. The third-order valence-electron chi connectivity index (χ3n) is 5.83. The number of methoxy groups -OCH3 is 1. The normalized spacial score (nSPS) is 14.4. The lowest BCUT2D eigenvalue weighted by atomic mass is 10.0. The van der Waals surface area contributed by atoms with Crippen LogP contribution in [-0.4, -0.2) is 77.9 Å². The van der Waals surface area contributed by atoms with Crippen LogP contribution in [0, 0.1) is 0 Å². The number of benzene rings is 1. The molecule has 0 unspecified atom stereocenters. The van der Waals surface area contributed by atoms with Crippen molar-refractivity contribution in [2.24, 2.45) is 0 Å². The molecule has 190 valence electrons. The number of rotatable bonds is 7. The third kappa shape index (κ3) is 6.10. The molecule has 3 amide bonds. The average Bonchev–Trinajstić information content (AvgIpc) is 3.58. The molecule has 3 aromatic rings. The smallest absolute Gasteiger partial charge is 0.313 e. The maximum absolute atomic E-state index is 12.6. The lowest BCUT2D eigenvalue weighted by molar-refractivity contribution is -0.137. The summed E-state index contributed by atoms with van der Waals surface area (Å²) in [5.41, 5.74) is 0.442. The van der Waals surface area contributed by atoms with Gasteiger partial charge in [-0.15, -0.1) is 11.3 Å². The fourth-order valence-electron chi connectivity index (χ4n) is 4.14. The predicted octanol–water partition coefficient (Wildman–Crippen LogP) is 2.70. The molecule has 0 radical (unpaired) electrons. The molecule has 11 heteroatoms. The molecule has 0 saturated carbocycles. The standard InChI is InChI=1S/C25H29N5O5S/c1-25(2,15-29-8-10-30(11-9-29)24(33)21-5-4-12-36-21)28-23(32)22(31)27-17-6-7-18(19(13-17)34-3)20-14-26-16-35-20/h4-7,12-14,16H,8-11,15H2,1-3H3,(H,27,31)(H,28,32). The number of piperazine rings is 1. The predicted molar refractivity (Wildman–Crippen MR) is 136 cm³/mol. The minimum Gasteiger partial charge on any atom is -0.496 e. The number of oxazole rings is 1. The summed E-state index contributed by atoms with van der Waals surface area (Å²) in [7, 11) is 1.51. The van der Waals surface area contributed by atoms with Crippen molar-refractivity contribution in [3.05, 3.63) is 53.2 Å². The van der Waals surface area contributed by atoms with Gasteiger partial charge >= 0.3 is 11.8 Å². The fourth-order valence-corrected chi connectivity index (χ4v) is 4.83. The second-order valence-electron chi connectivity index (χ2n) is 9.12. The first kappa shape index (κ1) is 25.4. The first-order valence-electron chi connectivity index (χ1n) is 11.5. The Balaban J connectivity index is 1.28. The molecular formula is C25H29N5O5S. The van der Waals surface area contributed by atoms with Crippen molar-refractivity contribution in [3.8, 4) is 17.1 Å². The van der Waals surface area contributed by atoms with Crippen molar-refractivity contribution in [1.29, 1.82) is 0 Å². The van der Waals surface area contributed by atoms with E-state index in [0.29, 0.717) is 55.5 Å². The Bertz CT molecular complexity index is 1200. The zero-order valence-electron chi connectivity index (χ0n) is 20.4. The Kier molecular flexibility index (Phi) is 7.70. The van der Waals surface area contributed by atoms with Gasteiger partial charge in [-0.3, -0.25) is 19.3 Å². The molecule has 4 rings (SSSR count). The molecule has 1 fully saturated rings. The van der Waals surface area contributed by atoms with E-state index in [1.165, 1.54) is 24.8 Å². The van der Waals surface area contributed by atoms with Crippen molar-refractivity contribution in [2.75, 3.05) is 45.2 Å². The number of nitrogens with zero attached hydrogens (tertiary/aromatic N) is 3. The highest BCUT2D eigenvalue weighted by molar-refractivity contribution is 7.12. The van der Waals surface area contributed by atoms with Crippen LogP contribution < -0.4 is 15.4 Å². The molecule has 10 nitrogen and oxygen atoms in total. The summed E-state index contributed by atoms with van der Waals surface area (Å²) in [6, 6.07) is 8.71. The highest BCUT2D eigenvalue weighted by atomic mass is 32.1. The molecule has 0 atom stereocenters. The number of nitrogens with one attached hydrogen (secondary N) is 2. The molecule has 0 bridgehead atoms. The van der Waals surface area contributed by atoms with Crippen LogP contribution >= 0.6 is 11.3 Å². The van der Waals surface area contributed by atoms with Gasteiger partial charge in [0.25, 0.3) is 5.91 Å². The monoisotopic (exact) mass is 511 g/mol. The molecular weight excluding hydrogens is 482 g/mol. The molecule has 1 aliphatic heterocycles. The number of hydrogen-bond donors (Lipinski definition) is 2. The summed E-state index contributed by atoms with van der Waals surface area (Å²) in [4.78, 5) is 46.4. The van der Waals surface area contributed by atoms with Gasteiger partial charge in [0.05, 0.1) is 23.7 Å². The molecule has 0 spiro atoms. The number of thiophene rings is 1. The quantitative estimate of drug-likeness (QED) is 0.469. The van der Waals surface area contributed by atoms with E-state index in [4.69, 9.17) is 9.15 Å². The van der Waals surface area contributed by atoms with E-state index in [1.807, 2.05) is 36.3 Å². The Morgan fingerprint density at radius 3 is 2.56 bits per heavy atom. The van der Waals surface area contributed by atoms with Crippen LogP contribution in [-0.2, 0) is 9.59 Å². The van der Waals surface area contributed by atoms with Crippen LogP contribution in [0.25, 0.3) is 11.3 Å². The number of anilines is 1. The van der Waals surface area contributed by atoms with Crippen molar-refractivity contribution in [1.82, 2.24) is 20.1 Å². The van der Waals surface area contributed by atoms with E-state index in [9.17, 15) is 14.4 Å². The summed E-state index contributed by atoms with van der Waals surface area (Å²) in [5, 5.41) is 7.33. The van der Waals surface area contributed by atoms with E-state index in [0.717, 1.165) is 4.88 Å². The first-order valence-corrected chi connectivity index (χ1v) is 12.4. The summed E-state index contributed by atoms with van der Waals surface area (Å²) in [5.74, 6) is -0.448. The van der Waals surface area contributed by atoms with Gasteiger partial charge in [0.2, 0.25) is 0 Å². The van der Waals surface area contributed by atoms with E-state index >= 15 is 0 Å². The largest absolute Gasteiger partial charge is 0.496 e. The molecule has 0 aliphatic carbocycles. The van der Waals surface area contributed by atoms with E-state index in [2.05, 4.69) is 20.5 Å². The highest BCUT2D eigenvalue weighted by Crippen LogP contribution is 2.32. The van der Waals surface area contributed by atoms with Gasteiger partial charge in [0, 0.05) is 50.0 Å². The van der Waals surface area contributed by atoms with E-state index in [-0.39, 0.29) is 5.91 Å². The van der Waals surface area contributed by atoms with Gasteiger partial charge in [-0.1, -0.05) is 6.07 Å². The van der Waals surface area contributed by atoms with Gasteiger partial charge in [0.15, 0.2) is 12.2 Å². The van der Waals surface area contributed by atoms with Crippen LogP contribution in [0.5, 0.6) is 5.75 Å². The number of aromatic nitrogens is 1.